The monoisotopic (exact) mass is 236 g/mol. The maximum atomic E-state index is 2.44. The van der Waals surface area contributed by atoms with E-state index < -0.39 is 0 Å². The van der Waals surface area contributed by atoms with Crippen molar-refractivity contribution in [1.29, 1.82) is 0 Å². The molecule has 0 heterocycles. The van der Waals surface area contributed by atoms with Crippen LogP contribution in [0.4, 0.5) is 0 Å². The first kappa shape index (κ1) is 14.8. The summed E-state index contributed by atoms with van der Waals surface area (Å²) in [5.41, 5.74) is 0.556. The van der Waals surface area contributed by atoms with E-state index in [1.807, 2.05) is 0 Å². The minimum Gasteiger partial charge on any atom is -0.0885 e. The smallest absolute Gasteiger partial charge is 0.0325 e. The standard InChI is InChI=1S/C17H32/c1-16-12-8-5-4-6-10-14-17(2,3)15-11-7-9-13-16/h7,9,16H,4-6,8,10-15H2,1-3H3. The lowest BCUT2D eigenvalue weighted by Gasteiger charge is -2.24. The predicted molar refractivity (Wildman–Crippen MR) is 78.3 cm³/mol. The van der Waals surface area contributed by atoms with Crippen LogP contribution in [0, 0.1) is 11.3 Å². The summed E-state index contributed by atoms with van der Waals surface area (Å²) in [6, 6.07) is 0. The zero-order valence-corrected chi connectivity index (χ0v) is 12.3. The van der Waals surface area contributed by atoms with Crippen molar-refractivity contribution in [3.63, 3.8) is 0 Å². The van der Waals surface area contributed by atoms with Crippen LogP contribution < -0.4 is 0 Å². The first-order valence-corrected chi connectivity index (χ1v) is 7.75. The number of hydrogen-bond donors (Lipinski definition) is 0. The molecule has 0 aromatic rings. The Morgan fingerprint density at radius 3 is 2.41 bits per heavy atom. The molecule has 1 unspecified atom stereocenters. The van der Waals surface area contributed by atoms with Gasteiger partial charge in [0, 0.05) is 0 Å². The van der Waals surface area contributed by atoms with Gasteiger partial charge in [-0.3, -0.25) is 0 Å². The fourth-order valence-electron chi connectivity index (χ4n) is 2.79. The molecule has 0 nitrogen and oxygen atoms in total. The van der Waals surface area contributed by atoms with Gasteiger partial charge in [0.2, 0.25) is 0 Å². The second-order valence-corrected chi connectivity index (χ2v) is 6.82. The Morgan fingerprint density at radius 1 is 0.882 bits per heavy atom. The average molecular weight is 236 g/mol. The minimum atomic E-state index is 0.556. The van der Waals surface area contributed by atoms with Gasteiger partial charge in [0.05, 0.1) is 0 Å². The Morgan fingerprint density at radius 2 is 1.59 bits per heavy atom. The van der Waals surface area contributed by atoms with Crippen LogP contribution in [0.3, 0.4) is 0 Å². The third kappa shape index (κ3) is 7.63. The fourth-order valence-corrected chi connectivity index (χ4v) is 2.79. The van der Waals surface area contributed by atoms with Gasteiger partial charge in [-0.15, -0.1) is 0 Å². The Balaban J connectivity index is 2.38. The molecule has 0 heteroatoms. The lowest BCUT2D eigenvalue weighted by Crippen LogP contribution is -2.10. The molecule has 1 rings (SSSR count). The van der Waals surface area contributed by atoms with Crippen LogP contribution in [-0.4, -0.2) is 0 Å². The summed E-state index contributed by atoms with van der Waals surface area (Å²) >= 11 is 0. The molecular weight excluding hydrogens is 204 g/mol. The van der Waals surface area contributed by atoms with E-state index in [0.717, 1.165) is 5.92 Å². The molecule has 1 atom stereocenters. The molecule has 0 fully saturated rings. The average Bonchev–Trinajstić information content (AvgIpc) is 2.26. The Hall–Kier alpha value is -0.260. The van der Waals surface area contributed by atoms with Crippen LogP contribution in [0.15, 0.2) is 12.2 Å². The molecule has 0 bridgehead atoms. The van der Waals surface area contributed by atoms with Gasteiger partial charge in [-0.25, -0.2) is 0 Å². The molecule has 1 aliphatic carbocycles. The van der Waals surface area contributed by atoms with Gasteiger partial charge in [0.25, 0.3) is 0 Å². The fraction of sp³-hybridized carbons (Fsp3) is 0.882. The van der Waals surface area contributed by atoms with E-state index in [4.69, 9.17) is 0 Å². The van der Waals surface area contributed by atoms with Crippen LogP contribution in [0.25, 0.3) is 0 Å². The number of allylic oxidation sites excluding steroid dienone is 2. The van der Waals surface area contributed by atoms with Crippen LogP contribution in [-0.2, 0) is 0 Å². The highest BCUT2D eigenvalue weighted by Crippen LogP contribution is 2.30. The largest absolute Gasteiger partial charge is 0.0885 e. The van der Waals surface area contributed by atoms with Crippen molar-refractivity contribution in [3.8, 4) is 0 Å². The van der Waals surface area contributed by atoms with E-state index in [-0.39, 0.29) is 0 Å². The Labute approximate surface area is 109 Å². The Bertz CT molecular complexity index is 212. The van der Waals surface area contributed by atoms with Gasteiger partial charge in [0.1, 0.15) is 0 Å². The van der Waals surface area contributed by atoms with E-state index in [1.54, 1.807) is 0 Å². The van der Waals surface area contributed by atoms with Gasteiger partial charge >= 0.3 is 0 Å². The highest BCUT2D eigenvalue weighted by Gasteiger charge is 2.16. The third-order valence-corrected chi connectivity index (χ3v) is 4.24. The molecule has 0 aromatic carbocycles. The highest BCUT2D eigenvalue weighted by atomic mass is 14.2. The molecule has 0 radical (unpaired) electrons. The second-order valence-electron chi connectivity index (χ2n) is 6.82. The first-order chi connectivity index (χ1) is 8.10. The second kappa shape index (κ2) is 7.95. The molecule has 0 aliphatic heterocycles. The minimum absolute atomic E-state index is 0.556. The van der Waals surface area contributed by atoms with E-state index in [2.05, 4.69) is 32.9 Å². The van der Waals surface area contributed by atoms with Crippen LogP contribution >= 0.6 is 0 Å². The molecule has 0 aromatic heterocycles. The molecule has 0 saturated heterocycles. The predicted octanol–water partition coefficient (Wildman–Crippen LogP) is 6.12. The summed E-state index contributed by atoms with van der Waals surface area (Å²) in [4.78, 5) is 0. The normalized spacial score (nSPS) is 28.5. The van der Waals surface area contributed by atoms with Gasteiger partial charge in [0.15, 0.2) is 0 Å². The van der Waals surface area contributed by atoms with Crippen molar-refractivity contribution in [3.05, 3.63) is 12.2 Å². The van der Waals surface area contributed by atoms with E-state index >= 15 is 0 Å². The summed E-state index contributed by atoms with van der Waals surface area (Å²) in [6.45, 7) is 7.28. The summed E-state index contributed by atoms with van der Waals surface area (Å²) in [5.74, 6) is 0.891. The quantitative estimate of drug-likeness (QED) is 0.444. The SMILES string of the molecule is CC1CC=CCCC(C)(C)CCCCCCC1. The highest BCUT2D eigenvalue weighted by molar-refractivity contribution is 4.85. The Kier molecular flexibility index (Phi) is 6.92. The summed E-state index contributed by atoms with van der Waals surface area (Å²) in [7, 11) is 0. The zero-order chi connectivity index (χ0) is 12.6. The van der Waals surface area contributed by atoms with Gasteiger partial charge in [-0.05, 0) is 37.0 Å². The maximum Gasteiger partial charge on any atom is -0.0325 e. The first-order valence-electron chi connectivity index (χ1n) is 7.75. The van der Waals surface area contributed by atoms with Crippen molar-refractivity contribution in [2.75, 3.05) is 0 Å². The van der Waals surface area contributed by atoms with Crippen molar-refractivity contribution in [2.45, 2.75) is 85.0 Å². The molecule has 17 heavy (non-hydrogen) atoms. The van der Waals surface area contributed by atoms with E-state index in [1.165, 1.54) is 64.2 Å². The van der Waals surface area contributed by atoms with Gasteiger partial charge in [-0.2, -0.15) is 0 Å². The zero-order valence-electron chi connectivity index (χ0n) is 12.3. The summed E-state index contributed by atoms with van der Waals surface area (Å²) in [5, 5.41) is 0. The number of rotatable bonds is 0. The van der Waals surface area contributed by atoms with Crippen molar-refractivity contribution < 1.29 is 0 Å². The topological polar surface area (TPSA) is 0 Å². The maximum absolute atomic E-state index is 2.44. The molecular formula is C17H32. The van der Waals surface area contributed by atoms with Gasteiger partial charge < -0.3 is 0 Å². The lowest BCUT2D eigenvalue weighted by atomic mass is 9.82. The van der Waals surface area contributed by atoms with E-state index in [0.29, 0.717) is 5.41 Å². The van der Waals surface area contributed by atoms with Gasteiger partial charge in [-0.1, -0.05) is 71.4 Å². The number of hydrogen-bond acceptors (Lipinski definition) is 0. The summed E-state index contributed by atoms with van der Waals surface area (Å²) < 4.78 is 0. The molecule has 100 valence electrons. The van der Waals surface area contributed by atoms with Crippen molar-refractivity contribution in [1.82, 2.24) is 0 Å². The van der Waals surface area contributed by atoms with Crippen molar-refractivity contribution >= 4 is 0 Å². The molecule has 0 amide bonds. The summed E-state index contributed by atoms with van der Waals surface area (Å²) in [6.07, 6.45) is 18.9. The van der Waals surface area contributed by atoms with E-state index in [9.17, 15) is 0 Å². The van der Waals surface area contributed by atoms with Crippen LogP contribution in [0.2, 0.25) is 0 Å². The molecule has 0 spiro atoms. The lowest BCUT2D eigenvalue weighted by molar-refractivity contribution is 0.295. The molecule has 0 N–H and O–H groups in total. The van der Waals surface area contributed by atoms with Crippen LogP contribution in [0.5, 0.6) is 0 Å². The molecule has 1 aliphatic rings. The molecule has 0 saturated carbocycles. The van der Waals surface area contributed by atoms with Crippen molar-refractivity contribution in [2.24, 2.45) is 11.3 Å². The van der Waals surface area contributed by atoms with Crippen LogP contribution in [0.1, 0.15) is 85.0 Å². The third-order valence-electron chi connectivity index (χ3n) is 4.24.